The van der Waals surface area contributed by atoms with Gasteiger partial charge in [0.05, 0.1) is 5.02 Å². The topological polar surface area (TPSA) is 60.2 Å². The Hall–Kier alpha value is -1.59. The molecule has 1 aromatic heterocycles. The number of nitrogens with one attached hydrogen (secondary N) is 1. The summed E-state index contributed by atoms with van der Waals surface area (Å²) in [5.41, 5.74) is 1.13. The first kappa shape index (κ1) is 15.8. The molecule has 0 amide bonds. The van der Waals surface area contributed by atoms with Crippen LogP contribution < -0.4 is 10.1 Å². The number of nitrogens with zero attached hydrogens (tertiary/aromatic N) is 2. The second-order valence-corrected chi connectivity index (χ2v) is 5.70. The summed E-state index contributed by atoms with van der Waals surface area (Å²) in [6.45, 7) is 8.08. The van der Waals surface area contributed by atoms with E-state index in [9.17, 15) is 0 Å². The predicted octanol–water partition coefficient (Wildman–Crippen LogP) is 3.36. The summed E-state index contributed by atoms with van der Waals surface area (Å²) in [7, 11) is 0. The van der Waals surface area contributed by atoms with Gasteiger partial charge >= 0.3 is 0 Å². The number of hydrogen-bond acceptors (Lipinski definition) is 5. The number of benzene rings is 1. The van der Waals surface area contributed by atoms with Crippen LogP contribution >= 0.6 is 11.6 Å². The zero-order valence-electron chi connectivity index (χ0n) is 12.5. The van der Waals surface area contributed by atoms with Crippen LogP contribution in [0.4, 0.5) is 0 Å². The Morgan fingerprint density at radius 2 is 2.14 bits per heavy atom. The van der Waals surface area contributed by atoms with Crippen LogP contribution in [0, 0.1) is 12.8 Å². The Kier molecular flexibility index (Phi) is 5.59. The van der Waals surface area contributed by atoms with Crippen LogP contribution in [0.15, 0.2) is 22.6 Å². The first-order chi connectivity index (χ1) is 10.0. The van der Waals surface area contributed by atoms with Crippen LogP contribution in [0.2, 0.25) is 5.02 Å². The van der Waals surface area contributed by atoms with Crippen molar-refractivity contribution in [3.05, 3.63) is 40.6 Å². The minimum Gasteiger partial charge on any atom is -0.482 e. The fourth-order valence-electron chi connectivity index (χ4n) is 1.81. The van der Waals surface area contributed by atoms with E-state index in [1.807, 2.05) is 18.2 Å². The monoisotopic (exact) mass is 309 g/mol. The van der Waals surface area contributed by atoms with Gasteiger partial charge in [-0.15, -0.1) is 10.2 Å². The van der Waals surface area contributed by atoms with E-state index in [-0.39, 0.29) is 6.61 Å². The zero-order valence-corrected chi connectivity index (χ0v) is 13.3. The van der Waals surface area contributed by atoms with Crippen molar-refractivity contribution in [1.82, 2.24) is 15.5 Å². The average Bonchev–Trinajstić information content (AvgIpc) is 2.83. The Morgan fingerprint density at radius 1 is 1.33 bits per heavy atom. The molecule has 0 fully saturated rings. The zero-order chi connectivity index (χ0) is 15.2. The van der Waals surface area contributed by atoms with E-state index in [1.165, 1.54) is 0 Å². The van der Waals surface area contributed by atoms with Gasteiger partial charge < -0.3 is 14.5 Å². The smallest absolute Gasteiger partial charge is 0.253 e. The van der Waals surface area contributed by atoms with Crippen molar-refractivity contribution in [3.8, 4) is 5.75 Å². The Morgan fingerprint density at radius 3 is 2.76 bits per heavy atom. The second kappa shape index (κ2) is 7.43. The fraction of sp³-hybridized carbons (Fsp3) is 0.467. The highest BCUT2D eigenvalue weighted by Gasteiger charge is 2.07. The number of aryl methyl sites for hydroxylation is 1. The van der Waals surface area contributed by atoms with Crippen molar-refractivity contribution in [2.45, 2.75) is 33.9 Å². The molecule has 0 unspecified atom stereocenters. The Labute approximate surface area is 129 Å². The number of hydrogen-bond donors (Lipinski definition) is 1. The van der Waals surface area contributed by atoms with E-state index in [0.29, 0.717) is 28.5 Å². The number of ether oxygens (including phenoxy) is 1. The molecular formula is C15H20ClN3O2. The van der Waals surface area contributed by atoms with Crippen LogP contribution in [0.3, 0.4) is 0 Å². The summed E-state index contributed by atoms with van der Waals surface area (Å²) in [4.78, 5) is 0. The lowest BCUT2D eigenvalue weighted by molar-refractivity contribution is 0.260. The highest BCUT2D eigenvalue weighted by atomic mass is 35.5. The molecule has 0 saturated heterocycles. The average molecular weight is 310 g/mol. The molecule has 5 nitrogen and oxygen atoms in total. The molecule has 0 spiro atoms. The summed E-state index contributed by atoms with van der Waals surface area (Å²) < 4.78 is 10.8. The highest BCUT2D eigenvalue weighted by Crippen LogP contribution is 2.26. The van der Waals surface area contributed by atoms with Gasteiger partial charge in [-0.2, -0.15) is 0 Å². The van der Waals surface area contributed by atoms with Gasteiger partial charge in [-0.25, -0.2) is 0 Å². The SMILES string of the molecule is Cc1nnc(COc2ccc(CNCC(C)C)cc2Cl)o1. The molecule has 0 atom stereocenters. The minimum absolute atomic E-state index is 0.214. The van der Waals surface area contributed by atoms with E-state index in [1.54, 1.807) is 6.92 Å². The Bertz CT molecular complexity index is 584. The van der Waals surface area contributed by atoms with Crippen molar-refractivity contribution < 1.29 is 9.15 Å². The van der Waals surface area contributed by atoms with Gasteiger partial charge in [0.2, 0.25) is 5.89 Å². The van der Waals surface area contributed by atoms with Crippen LogP contribution in [-0.4, -0.2) is 16.7 Å². The molecule has 6 heteroatoms. The van der Waals surface area contributed by atoms with Gasteiger partial charge in [0.25, 0.3) is 5.89 Å². The third kappa shape index (κ3) is 5.02. The number of halogens is 1. The van der Waals surface area contributed by atoms with E-state index in [2.05, 4.69) is 29.4 Å². The van der Waals surface area contributed by atoms with Crippen LogP contribution in [-0.2, 0) is 13.2 Å². The first-order valence-electron chi connectivity index (χ1n) is 6.95. The third-order valence-electron chi connectivity index (χ3n) is 2.80. The fourth-order valence-corrected chi connectivity index (χ4v) is 2.07. The van der Waals surface area contributed by atoms with Gasteiger partial charge in [-0.3, -0.25) is 0 Å². The van der Waals surface area contributed by atoms with Gasteiger partial charge in [0.15, 0.2) is 6.61 Å². The summed E-state index contributed by atoms with van der Waals surface area (Å²) >= 11 is 6.22. The molecule has 21 heavy (non-hydrogen) atoms. The van der Waals surface area contributed by atoms with Crippen molar-refractivity contribution >= 4 is 11.6 Å². The van der Waals surface area contributed by atoms with E-state index < -0.39 is 0 Å². The predicted molar refractivity (Wildman–Crippen MR) is 81.4 cm³/mol. The molecule has 1 N–H and O–H groups in total. The van der Waals surface area contributed by atoms with Gasteiger partial charge in [0.1, 0.15) is 5.75 Å². The van der Waals surface area contributed by atoms with Crippen molar-refractivity contribution in [3.63, 3.8) is 0 Å². The normalized spacial score (nSPS) is 11.1. The van der Waals surface area contributed by atoms with Gasteiger partial charge in [-0.05, 0) is 30.2 Å². The summed E-state index contributed by atoms with van der Waals surface area (Å²) in [5, 5.41) is 11.6. The number of rotatable bonds is 7. The standard InChI is InChI=1S/C15H20ClN3O2/c1-10(2)7-17-8-12-4-5-14(13(16)6-12)20-9-15-19-18-11(3)21-15/h4-6,10,17H,7-9H2,1-3H3. The maximum absolute atomic E-state index is 6.22. The molecule has 1 heterocycles. The molecule has 1 aromatic carbocycles. The van der Waals surface area contributed by atoms with E-state index in [4.69, 9.17) is 20.8 Å². The maximum Gasteiger partial charge on any atom is 0.253 e. The van der Waals surface area contributed by atoms with Crippen molar-refractivity contribution in [2.75, 3.05) is 6.54 Å². The van der Waals surface area contributed by atoms with Gasteiger partial charge in [0, 0.05) is 13.5 Å². The molecule has 2 rings (SSSR count). The second-order valence-electron chi connectivity index (χ2n) is 5.29. The summed E-state index contributed by atoms with van der Waals surface area (Å²) in [6, 6.07) is 5.76. The van der Waals surface area contributed by atoms with Crippen molar-refractivity contribution in [1.29, 1.82) is 0 Å². The summed E-state index contributed by atoms with van der Waals surface area (Å²) in [5.74, 6) is 2.19. The minimum atomic E-state index is 0.214. The lowest BCUT2D eigenvalue weighted by atomic mass is 10.2. The van der Waals surface area contributed by atoms with Crippen LogP contribution in [0.1, 0.15) is 31.2 Å². The molecule has 0 aliphatic rings. The molecule has 0 bridgehead atoms. The lowest BCUT2D eigenvalue weighted by Gasteiger charge is -2.10. The number of aromatic nitrogens is 2. The van der Waals surface area contributed by atoms with Gasteiger partial charge in [-0.1, -0.05) is 31.5 Å². The van der Waals surface area contributed by atoms with Crippen LogP contribution in [0.25, 0.3) is 0 Å². The Balaban J connectivity index is 1.89. The molecular weight excluding hydrogens is 290 g/mol. The highest BCUT2D eigenvalue weighted by molar-refractivity contribution is 6.32. The quantitative estimate of drug-likeness (QED) is 0.850. The van der Waals surface area contributed by atoms with Crippen LogP contribution in [0.5, 0.6) is 5.75 Å². The summed E-state index contributed by atoms with van der Waals surface area (Å²) in [6.07, 6.45) is 0. The van der Waals surface area contributed by atoms with E-state index in [0.717, 1.165) is 18.7 Å². The molecule has 2 aromatic rings. The largest absolute Gasteiger partial charge is 0.482 e. The molecule has 0 aliphatic heterocycles. The first-order valence-corrected chi connectivity index (χ1v) is 7.33. The lowest BCUT2D eigenvalue weighted by Crippen LogP contribution is -2.18. The molecule has 0 aliphatic carbocycles. The third-order valence-corrected chi connectivity index (χ3v) is 3.09. The van der Waals surface area contributed by atoms with E-state index >= 15 is 0 Å². The van der Waals surface area contributed by atoms with Crippen molar-refractivity contribution in [2.24, 2.45) is 5.92 Å². The molecule has 0 radical (unpaired) electrons. The molecule has 114 valence electrons. The maximum atomic E-state index is 6.22. The molecule has 0 saturated carbocycles.